The Hall–Kier alpha value is -2.84. The van der Waals surface area contributed by atoms with E-state index in [0.29, 0.717) is 11.5 Å². The number of carbonyl (C=O) groups is 1. The van der Waals surface area contributed by atoms with Crippen LogP contribution in [-0.2, 0) is 21.4 Å². The van der Waals surface area contributed by atoms with Crippen molar-refractivity contribution in [2.24, 2.45) is 0 Å². The highest BCUT2D eigenvalue weighted by molar-refractivity contribution is 7.92. The Morgan fingerprint density at radius 3 is 2.67 bits per heavy atom. The highest BCUT2D eigenvalue weighted by atomic mass is 32.2. The minimum Gasteiger partial charge on any atom is -0.454 e. The van der Waals surface area contributed by atoms with E-state index in [1.807, 2.05) is 24.3 Å². The number of hydrogen-bond donors (Lipinski definition) is 2. The van der Waals surface area contributed by atoms with Crippen LogP contribution in [0.4, 0.5) is 0 Å². The lowest BCUT2D eigenvalue weighted by atomic mass is 10.2. The van der Waals surface area contributed by atoms with Crippen molar-refractivity contribution in [2.45, 2.75) is 19.5 Å². The first kappa shape index (κ1) is 18.9. The molecule has 1 atom stereocenters. The summed E-state index contributed by atoms with van der Waals surface area (Å²) in [6.45, 7) is 1.92. The minimum absolute atomic E-state index is 0.181. The number of carbonyl (C=O) groups excluding carboxylic acids is 1. The lowest BCUT2D eigenvalue weighted by Crippen LogP contribution is -2.43. The highest BCUT2D eigenvalue weighted by Gasteiger charge is 2.19. The average Bonchev–Trinajstić information content (AvgIpc) is 3.13. The Morgan fingerprint density at radius 1 is 1.15 bits per heavy atom. The van der Waals surface area contributed by atoms with Gasteiger partial charge in [-0.1, -0.05) is 36.4 Å². The van der Waals surface area contributed by atoms with E-state index in [1.54, 1.807) is 24.3 Å². The molecule has 1 unspecified atom stereocenters. The molecule has 7 nitrogen and oxygen atoms in total. The van der Waals surface area contributed by atoms with Crippen LogP contribution in [0.2, 0.25) is 0 Å². The molecule has 0 radical (unpaired) electrons. The van der Waals surface area contributed by atoms with Gasteiger partial charge in [0.15, 0.2) is 11.5 Å². The second-order valence-corrected chi connectivity index (χ2v) is 7.60. The van der Waals surface area contributed by atoms with Gasteiger partial charge in [0.1, 0.15) is 0 Å². The fraction of sp³-hybridized carbons (Fsp3) is 0.211. The molecule has 0 aromatic heterocycles. The second kappa shape index (κ2) is 8.24. The third-order valence-electron chi connectivity index (χ3n) is 3.88. The van der Waals surface area contributed by atoms with Gasteiger partial charge < -0.3 is 14.8 Å². The number of ether oxygens (including phenoxy) is 2. The van der Waals surface area contributed by atoms with E-state index in [4.69, 9.17) is 9.47 Å². The predicted molar refractivity (Wildman–Crippen MR) is 101 cm³/mol. The van der Waals surface area contributed by atoms with Crippen LogP contribution in [0, 0.1) is 0 Å². The van der Waals surface area contributed by atoms with E-state index in [0.717, 1.165) is 16.5 Å². The first-order valence-electron chi connectivity index (χ1n) is 8.35. The van der Waals surface area contributed by atoms with E-state index in [2.05, 4.69) is 10.0 Å². The maximum atomic E-state index is 12.2. The van der Waals surface area contributed by atoms with Crippen LogP contribution in [0.1, 0.15) is 18.1 Å². The maximum absolute atomic E-state index is 12.2. The van der Waals surface area contributed by atoms with Gasteiger partial charge in [-0.3, -0.25) is 4.79 Å². The summed E-state index contributed by atoms with van der Waals surface area (Å²) < 4.78 is 37.1. The number of rotatable bonds is 7. The second-order valence-electron chi connectivity index (χ2n) is 6.00. The van der Waals surface area contributed by atoms with Gasteiger partial charge in [-0.25, -0.2) is 8.42 Å². The normalized spacial score (nSPS) is 14.3. The molecule has 0 fully saturated rings. The van der Waals surface area contributed by atoms with Crippen molar-refractivity contribution in [1.82, 2.24) is 10.0 Å². The molecular weight excluding hydrogens is 368 g/mol. The third-order valence-corrected chi connectivity index (χ3v) is 5.05. The molecule has 1 heterocycles. The van der Waals surface area contributed by atoms with Gasteiger partial charge in [0.05, 0.1) is 6.04 Å². The van der Waals surface area contributed by atoms with Gasteiger partial charge in [0.2, 0.25) is 22.7 Å². The summed E-state index contributed by atoms with van der Waals surface area (Å²) in [5.41, 5.74) is 1.58. The average molecular weight is 388 g/mol. The Morgan fingerprint density at radius 2 is 1.89 bits per heavy atom. The van der Waals surface area contributed by atoms with Crippen molar-refractivity contribution in [3.05, 3.63) is 65.1 Å². The van der Waals surface area contributed by atoms with E-state index in [-0.39, 0.29) is 13.3 Å². The van der Waals surface area contributed by atoms with Crippen molar-refractivity contribution in [3.63, 3.8) is 0 Å². The Labute approximate surface area is 158 Å². The number of amides is 1. The van der Waals surface area contributed by atoms with Crippen LogP contribution >= 0.6 is 0 Å². The highest BCUT2D eigenvalue weighted by Crippen LogP contribution is 2.32. The van der Waals surface area contributed by atoms with Crippen molar-refractivity contribution < 1.29 is 22.7 Å². The Kier molecular flexibility index (Phi) is 5.78. The third kappa shape index (κ3) is 5.32. The summed E-state index contributed by atoms with van der Waals surface area (Å²) in [5, 5.41) is 3.75. The molecular formula is C19H20N2O5S. The lowest BCUT2D eigenvalue weighted by Gasteiger charge is -2.13. The molecule has 1 aliphatic heterocycles. The van der Waals surface area contributed by atoms with E-state index in [1.165, 1.54) is 13.0 Å². The summed E-state index contributed by atoms with van der Waals surface area (Å²) in [6, 6.07) is 13.5. The lowest BCUT2D eigenvalue weighted by molar-refractivity contribution is -0.122. The van der Waals surface area contributed by atoms with Crippen LogP contribution < -0.4 is 19.5 Å². The molecule has 3 rings (SSSR count). The molecule has 2 aromatic carbocycles. The largest absolute Gasteiger partial charge is 0.454 e. The molecule has 0 bridgehead atoms. The van der Waals surface area contributed by atoms with Crippen LogP contribution in [0.15, 0.2) is 53.9 Å². The molecule has 142 valence electrons. The molecule has 2 aromatic rings. The standard InChI is InChI=1S/C19H20N2O5S/c1-14(21-27(23,24)10-9-15-5-3-2-4-6-15)19(22)20-12-16-7-8-17-18(11-16)26-13-25-17/h2-11,14,21H,12-13H2,1H3,(H,20,22)/b10-9+. The predicted octanol–water partition coefficient (Wildman–Crippen LogP) is 2.01. The van der Waals surface area contributed by atoms with Crippen molar-refractivity contribution in [1.29, 1.82) is 0 Å². The molecule has 2 N–H and O–H groups in total. The minimum atomic E-state index is -3.74. The summed E-state index contributed by atoms with van der Waals surface area (Å²) in [7, 11) is -3.74. The number of hydrogen-bond acceptors (Lipinski definition) is 5. The fourth-order valence-corrected chi connectivity index (χ4v) is 3.48. The van der Waals surface area contributed by atoms with Gasteiger partial charge in [-0.15, -0.1) is 0 Å². The quantitative estimate of drug-likeness (QED) is 0.757. The number of fused-ring (bicyclic) bond motifs is 1. The fourth-order valence-electron chi connectivity index (χ4n) is 2.46. The molecule has 27 heavy (non-hydrogen) atoms. The van der Waals surface area contributed by atoms with Crippen molar-refractivity contribution in [3.8, 4) is 11.5 Å². The summed E-state index contributed by atoms with van der Waals surface area (Å²) >= 11 is 0. The van der Waals surface area contributed by atoms with Gasteiger partial charge in [0.25, 0.3) is 0 Å². The smallest absolute Gasteiger partial charge is 0.238 e. The molecule has 0 saturated heterocycles. The monoisotopic (exact) mass is 388 g/mol. The molecule has 8 heteroatoms. The van der Waals surface area contributed by atoms with Gasteiger partial charge in [-0.2, -0.15) is 4.72 Å². The summed E-state index contributed by atoms with van der Waals surface area (Å²) in [6.07, 6.45) is 1.47. The van der Waals surface area contributed by atoms with E-state index >= 15 is 0 Å². The molecule has 1 amide bonds. The van der Waals surface area contributed by atoms with Crippen molar-refractivity contribution >= 4 is 22.0 Å². The van der Waals surface area contributed by atoms with Crippen LogP contribution in [-0.4, -0.2) is 27.2 Å². The zero-order valence-corrected chi connectivity index (χ0v) is 15.5. The van der Waals surface area contributed by atoms with E-state index < -0.39 is 22.0 Å². The van der Waals surface area contributed by atoms with Crippen LogP contribution in [0.5, 0.6) is 11.5 Å². The maximum Gasteiger partial charge on any atom is 0.238 e. The number of sulfonamides is 1. The summed E-state index contributed by atoms with van der Waals surface area (Å²) in [4.78, 5) is 12.2. The van der Waals surface area contributed by atoms with E-state index in [9.17, 15) is 13.2 Å². The number of nitrogens with one attached hydrogen (secondary N) is 2. The SMILES string of the molecule is CC(NS(=O)(=O)/C=C/c1ccccc1)C(=O)NCc1ccc2c(c1)OCO2. The molecule has 1 aliphatic rings. The first-order chi connectivity index (χ1) is 12.9. The van der Waals surface area contributed by atoms with Crippen LogP contribution in [0.3, 0.4) is 0 Å². The summed E-state index contributed by atoms with van der Waals surface area (Å²) in [5.74, 6) is 0.863. The van der Waals surface area contributed by atoms with Crippen LogP contribution in [0.25, 0.3) is 6.08 Å². The number of benzene rings is 2. The van der Waals surface area contributed by atoms with Gasteiger partial charge in [0, 0.05) is 12.0 Å². The molecule has 0 aliphatic carbocycles. The first-order valence-corrected chi connectivity index (χ1v) is 9.89. The topological polar surface area (TPSA) is 93.7 Å². The molecule has 0 saturated carbocycles. The van der Waals surface area contributed by atoms with Gasteiger partial charge >= 0.3 is 0 Å². The Bertz CT molecular complexity index is 942. The van der Waals surface area contributed by atoms with Gasteiger partial charge in [-0.05, 0) is 36.3 Å². The van der Waals surface area contributed by atoms with Crippen molar-refractivity contribution in [2.75, 3.05) is 6.79 Å². The zero-order chi connectivity index (χ0) is 19.3. The Balaban J connectivity index is 1.53. The zero-order valence-electron chi connectivity index (χ0n) is 14.7. The molecule has 0 spiro atoms.